The lowest BCUT2D eigenvalue weighted by molar-refractivity contribution is -0.332. The highest BCUT2D eigenvalue weighted by atomic mass is 16.8. The molecule has 0 amide bonds. The number of hydrogen-bond acceptors (Lipinski definition) is 12. The molecule has 0 aromatic carbocycles. The van der Waals surface area contributed by atoms with Crippen molar-refractivity contribution in [3.8, 4) is 0 Å². The SMILES string of the molecule is C=C(C(C)=O)[C@H](OC)O[C@@H]1O[C@H](COC(C)=O)[C@@H](OC(C)=O)[C@H](OC(C)=O)[C@H]1OC(C)=O. The molecule has 1 heterocycles. The number of carbonyl (C=O) groups excluding carboxylic acids is 5. The van der Waals surface area contributed by atoms with Gasteiger partial charge < -0.3 is 33.2 Å². The molecule has 0 aromatic rings. The maximum Gasteiger partial charge on any atom is 0.303 e. The monoisotopic (exact) mass is 460 g/mol. The van der Waals surface area contributed by atoms with Crippen LogP contribution >= 0.6 is 0 Å². The van der Waals surface area contributed by atoms with Crippen LogP contribution in [0.5, 0.6) is 0 Å². The molecule has 1 rings (SSSR count). The van der Waals surface area contributed by atoms with Gasteiger partial charge in [0.2, 0.25) is 6.29 Å². The molecule has 0 aromatic heterocycles. The third kappa shape index (κ3) is 8.02. The van der Waals surface area contributed by atoms with Gasteiger partial charge in [-0.3, -0.25) is 24.0 Å². The molecule has 1 fully saturated rings. The zero-order chi connectivity index (χ0) is 24.6. The first-order valence-electron chi connectivity index (χ1n) is 9.55. The van der Waals surface area contributed by atoms with Crippen LogP contribution in [0.15, 0.2) is 12.2 Å². The fourth-order valence-corrected chi connectivity index (χ4v) is 2.87. The summed E-state index contributed by atoms with van der Waals surface area (Å²) in [5.74, 6) is -3.43. The van der Waals surface area contributed by atoms with Crippen molar-refractivity contribution in [2.24, 2.45) is 0 Å². The number of methoxy groups -OCH3 is 1. The standard InChI is InChI=1S/C20H28O12/c1-9(10(2)21)19(26-7)32-20-18(30-14(6)25)17(29-13(5)24)16(28-12(4)23)15(31-20)8-27-11(3)22/h15-20H,1,8H2,2-7H3/t15-,16-,17+,18-,19-,20+/m1/s1. The van der Waals surface area contributed by atoms with Crippen LogP contribution in [-0.4, -0.2) is 80.4 Å². The molecular weight excluding hydrogens is 432 g/mol. The number of carbonyl (C=O) groups is 5. The number of hydrogen-bond donors (Lipinski definition) is 0. The average Bonchev–Trinajstić information content (AvgIpc) is 2.66. The summed E-state index contributed by atoms with van der Waals surface area (Å²) in [7, 11) is 1.24. The summed E-state index contributed by atoms with van der Waals surface area (Å²) in [6.07, 6.45) is -8.15. The molecule has 0 radical (unpaired) electrons. The van der Waals surface area contributed by atoms with E-state index in [0.717, 1.165) is 27.7 Å². The highest BCUT2D eigenvalue weighted by Gasteiger charge is 2.53. The summed E-state index contributed by atoms with van der Waals surface area (Å²) in [4.78, 5) is 58.2. The van der Waals surface area contributed by atoms with E-state index in [1.165, 1.54) is 14.0 Å². The van der Waals surface area contributed by atoms with Gasteiger partial charge in [-0.1, -0.05) is 6.58 Å². The highest BCUT2D eigenvalue weighted by Crippen LogP contribution is 2.31. The van der Waals surface area contributed by atoms with Gasteiger partial charge in [-0.2, -0.15) is 0 Å². The molecule has 0 saturated carbocycles. The first-order chi connectivity index (χ1) is 14.9. The molecule has 0 N–H and O–H groups in total. The minimum Gasteiger partial charge on any atom is -0.463 e. The summed E-state index contributed by atoms with van der Waals surface area (Å²) < 4.78 is 37.3. The van der Waals surface area contributed by atoms with E-state index in [0.29, 0.717) is 0 Å². The molecule has 32 heavy (non-hydrogen) atoms. The Morgan fingerprint density at radius 1 is 0.812 bits per heavy atom. The molecule has 0 unspecified atom stereocenters. The second-order valence-electron chi connectivity index (χ2n) is 6.85. The molecule has 6 atom stereocenters. The number of Topliss-reactive ketones (excluding diaryl/α,β-unsaturated/α-hetero) is 1. The van der Waals surface area contributed by atoms with Crippen molar-refractivity contribution >= 4 is 29.7 Å². The smallest absolute Gasteiger partial charge is 0.303 e. The Kier molecular flexibility index (Phi) is 10.4. The Morgan fingerprint density at radius 2 is 1.31 bits per heavy atom. The molecule has 0 aliphatic carbocycles. The molecule has 1 aliphatic rings. The van der Waals surface area contributed by atoms with Crippen molar-refractivity contribution in [3.63, 3.8) is 0 Å². The van der Waals surface area contributed by atoms with Gasteiger partial charge >= 0.3 is 23.9 Å². The summed E-state index contributed by atoms with van der Waals surface area (Å²) >= 11 is 0. The lowest BCUT2D eigenvalue weighted by atomic mass is 9.98. The Balaban J connectivity index is 3.42. The summed E-state index contributed by atoms with van der Waals surface area (Å²) in [6, 6.07) is 0. The van der Waals surface area contributed by atoms with Crippen molar-refractivity contribution < 1.29 is 57.1 Å². The highest BCUT2D eigenvalue weighted by molar-refractivity contribution is 5.93. The van der Waals surface area contributed by atoms with Gasteiger partial charge in [-0.25, -0.2) is 0 Å². The molecule has 0 spiro atoms. The van der Waals surface area contributed by atoms with Gasteiger partial charge in [0, 0.05) is 40.4 Å². The maximum absolute atomic E-state index is 11.8. The lowest BCUT2D eigenvalue weighted by Crippen LogP contribution is -2.63. The van der Waals surface area contributed by atoms with E-state index in [2.05, 4.69) is 6.58 Å². The Morgan fingerprint density at radius 3 is 1.75 bits per heavy atom. The normalized spacial score (nSPS) is 25.8. The van der Waals surface area contributed by atoms with Gasteiger partial charge in [-0.15, -0.1) is 0 Å². The largest absolute Gasteiger partial charge is 0.463 e. The molecular formula is C20H28O12. The Labute approximate surface area is 185 Å². The summed E-state index contributed by atoms with van der Waals surface area (Å²) in [6.45, 7) is 8.87. The quantitative estimate of drug-likeness (QED) is 0.190. The molecule has 12 nitrogen and oxygen atoms in total. The third-order valence-electron chi connectivity index (χ3n) is 4.16. The van der Waals surface area contributed by atoms with Crippen LogP contribution in [0.1, 0.15) is 34.6 Å². The number of ether oxygens (including phenoxy) is 7. The van der Waals surface area contributed by atoms with E-state index in [1.807, 2.05) is 0 Å². The number of ketones is 1. The summed E-state index contributed by atoms with van der Waals surface area (Å²) in [5.41, 5.74) is -0.0691. The zero-order valence-electron chi connectivity index (χ0n) is 18.8. The molecule has 180 valence electrons. The van der Waals surface area contributed by atoms with E-state index in [1.54, 1.807) is 0 Å². The minimum atomic E-state index is -1.49. The fraction of sp³-hybridized carbons (Fsp3) is 0.650. The van der Waals surface area contributed by atoms with Crippen molar-refractivity contribution in [2.75, 3.05) is 13.7 Å². The van der Waals surface area contributed by atoms with Gasteiger partial charge in [-0.05, 0) is 6.92 Å². The van der Waals surface area contributed by atoms with Crippen LogP contribution in [0, 0.1) is 0 Å². The van der Waals surface area contributed by atoms with Gasteiger partial charge in [0.1, 0.15) is 12.7 Å². The Bertz CT molecular complexity index is 745. The van der Waals surface area contributed by atoms with Crippen molar-refractivity contribution in [1.29, 1.82) is 0 Å². The van der Waals surface area contributed by atoms with Crippen molar-refractivity contribution in [3.05, 3.63) is 12.2 Å². The van der Waals surface area contributed by atoms with Crippen LogP contribution in [-0.2, 0) is 57.1 Å². The fourth-order valence-electron chi connectivity index (χ4n) is 2.87. The van der Waals surface area contributed by atoms with Crippen LogP contribution in [0.25, 0.3) is 0 Å². The minimum absolute atomic E-state index is 0.0691. The summed E-state index contributed by atoms with van der Waals surface area (Å²) in [5, 5.41) is 0. The molecule has 12 heteroatoms. The number of rotatable bonds is 10. The lowest BCUT2D eigenvalue weighted by Gasteiger charge is -2.44. The number of esters is 4. The predicted octanol–water partition coefficient (Wildman–Crippen LogP) is 0.204. The maximum atomic E-state index is 11.8. The third-order valence-corrected chi connectivity index (χ3v) is 4.16. The van der Waals surface area contributed by atoms with Gasteiger partial charge in [0.05, 0.1) is 0 Å². The van der Waals surface area contributed by atoms with E-state index in [4.69, 9.17) is 33.2 Å². The van der Waals surface area contributed by atoms with E-state index in [9.17, 15) is 24.0 Å². The first kappa shape index (κ1) is 27.2. The van der Waals surface area contributed by atoms with E-state index in [-0.39, 0.29) is 5.57 Å². The van der Waals surface area contributed by atoms with Crippen molar-refractivity contribution in [2.45, 2.75) is 71.6 Å². The molecule has 1 aliphatic heterocycles. The van der Waals surface area contributed by atoms with E-state index >= 15 is 0 Å². The molecule has 0 bridgehead atoms. The first-order valence-corrected chi connectivity index (χ1v) is 9.55. The van der Waals surface area contributed by atoms with Crippen LogP contribution < -0.4 is 0 Å². The van der Waals surface area contributed by atoms with Gasteiger partial charge in [0.25, 0.3) is 0 Å². The van der Waals surface area contributed by atoms with Crippen LogP contribution in [0.3, 0.4) is 0 Å². The molecule has 1 saturated heterocycles. The second-order valence-corrected chi connectivity index (χ2v) is 6.85. The predicted molar refractivity (Wildman–Crippen MR) is 104 cm³/mol. The average molecular weight is 460 g/mol. The Hall–Kier alpha value is -2.83. The van der Waals surface area contributed by atoms with Gasteiger partial charge in [0.15, 0.2) is 30.4 Å². The van der Waals surface area contributed by atoms with Crippen LogP contribution in [0.4, 0.5) is 0 Å². The zero-order valence-corrected chi connectivity index (χ0v) is 18.8. The van der Waals surface area contributed by atoms with Crippen molar-refractivity contribution in [1.82, 2.24) is 0 Å². The second kappa shape index (κ2) is 12.3. The van der Waals surface area contributed by atoms with E-state index < -0.39 is 73.3 Å². The van der Waals surface area contributed by atoms with Crippen LogP contribution in [0.2, 0.25) is 0 Å². The topological polar surface area (TPSA) is 150 Å².